The van der Waals surface area contributed by atoms with Crippen molar-refractivity contribution in [2.24, 2.45) is 0 Å². The van der Waals surface area contributed by atoms with Crippen LogP contribution in [0.25, 0.3) is 11.3 Å². The highest BCUT2D eigenvalue weighted by molar-refractivity contribution is 7.99. The Morgan fingerprint density at radius 3 is 2.77 bits per heavy atom. The largest absolute Gasteiger partial charge is 0.497 e. The van der Waals surface area contributed by atoms with Gasteiger partial charge in [-0.05, 0) is 42.8 Å². The van der Waals surface area contributed by atoms with Gasteiger partial charge in [0, 0.05) is 28.6 Å². The van der Waals surface area contributed by atoms with Gasteiger partial charge in [-0.1, -0.05) is 6.07 Å². The molecule has 3 rings (SSSR count). The number of carbonyl (C=O) groups is 1. The number of hydrogen-bond acceptors (Lipinski definition) is 6. The zero-order chi connectivity index (χ0) is 18.4. The molecular weight excluding hydrogens is 366 g/mol. The van der Waals surface area contributed by atoms with E-state index in [-0.39, 0.29) is 5.91 Å². The van der Waals surface area contributed by atoms with E-state index in [0.29, 0.717) is 10.9 Å². The summed E-state index contributed by atoms with van der Waals surface area (Å²) < 4.78 is 5.18. The van der Waals surface area contributed by atoms with E-state index < -0.39 is 0 Å². The van der Waals surface area contributed by atoms with E-state index in [1.54, 1.807) is 25.1 Å². The Kier molecular flexibility index (Phi) is 6.25. The van der Waals surface area contributed by atoms with Crippen LogP contribution in [0.15, 0.2) is 48.8 Å². The normalized spacial score (nSPS) is 10.5. The van der Waals surface area contributed by atoms with Gasteiger partial charge < -0.3 is 10.1 Å². The summed E-state index contributed by atoms with van der Waals surface area (Å²) in [5.41, 5.74) is 3.00. The number of aromatic nitrogens is 2. The number of aryl methyl sites for hydroxylation is 1. The molecule has 0 saturated heterocycles. The number of pyridine rings is 1. The Morgan fingerprint density at radius 2 is 2.08 bits per heavy atom. The molecule has 0 unspecified atom stereocenters. The number of anilines is 1. The lowest BCUT2D eigenvalue weighted by Crippen LogP contribution is -2.13. The summed E-state index contributed by atoms with van der Waals surface area (Å²) in [7, 11) is 1.64. The third-order valence-corrected chi connectivity index (χ3v) is 5.52. The molecule has 26 heavy (non-hydrogen) atoms. The molecule has 2 heterocycles. The maximum absolute atomic E-state index is 12.1. The van der Waals surface area contributed by atoms with Crippen LogP contribution < -0.4 is 10.1 Å². The number of methoxy groups -OCH3 is 1. The molecule has 5 nitrogen and oxygen atoms in total. The molecule has 134 valence electrons. The van der Waals surface area contributed by atoms with Crippen molar-refractivity contribution in [2.75, 3.05) is 18.2 Å². The summed E-state index contributed by atoms with van der Waals surface area (Å²) in [6.07, 6.45) is 3.56. The van der Waals surface area contributed by atoms with Crippen molar-refractivity contribution in [3.05, 3.63) is 59.2 Å². The smallest absolute Gasteiger partial charge is 0.236 e. The fourth-order valence-electron chi connectivity index (χ4n) is 2.37. The lowest BCUT2D eigenvalue weighted by atomic mass is 10.1. The minimum absolute atomic E-state index is 0.0473. The average Bonchev–Trinajstić information content (AvgIpc) is 3.02. The van der Waals surface area contributed by atoms with Crippen LogP contribution in [0.1, 0.15) is 10.4 Å². The predicted molar refractivity (Wildman–Crippen MR) is 108 cm³/mol. The second-order valence-corrected chi connectivity index (χ2v) is 7.74. The minimum atomic E-state index is -0.0473. The molecular formula is C19H19N3O2S2. The minimum Gasteiger partial charge on any atom is -0.497 e. The molecule has 1 N–H and O–H groups in total. The topological polar surface area (TPSA) is 64.1 Å². The summed E-state index contributed by atoms with van der Waals surface area (Å²) in [5, 5.41) is 3.51. The van der Waals surface area contributed by atoms with Crippen molar-refractivity contribution in [1.29, 1.82) is 0 Å². The zero-order valence-corrected chi connectivity index (χ0v) is 16.2. The van der Waals surface area contributed by atoms with Gasteiger partial charge in [-0.3, -0.25) is 9.78 Å². The first-order chi connectivity index (χ1) is 12.7. The van der Waals surface area contributed by atoms with Gasteiger partial charge in [-0.25, -0.2) is 4.98 Å². The predicted octanol–water partition coefficient (Wildman–Crippen LogP) is 4.39. The Bertz CT molecular complexity index is 864. The molecule has 7 heteroatoms. The van der Waals surface area contributed by atoms with Crippen LogP contribution in [0.2, 0.25) is 0 Å². The van der Waals surface area contributed by atoms with Crippen LogP contribution in [-0.4, -0.2) is 28.7 Å². The number of amides is 1. The van der Waals surface area contributed by atoms with Gasteiger partial charge in [-0.2, -0.15) is 0 Å². The first kappa shape index (κ1) is 18.4. The van der Waals surface area contributed by atoms with Gasteiger partial charge in [0.1, 0.15) is 5.75 Å². The number of ether oxygens (including phenoxy) is 1. The van der Waals surface area contributed by atoms with Gasteiger partial charge >= 0.3 is 0 Å². The molecule has 0 bridgehead atoms. The molecule has 0 fully saturated rings. The average molecular weight is 386 g/mol. The molecule has 0 aliphatic rings. The van der Waals surface area contributed by atoms with Crippen LogP contribution in [-0.2, 0) is 10.5 Å². The molecule has 0 spiro atoms. The number of nitrogens with zero attached hydrogens (tertiary/aromatic N) is 2. The van der Waals surface area contributed by atoms with Crippen LogP contribution in [0.3, 0.4) is 0 Å². The van der Waals surface area contributed by atoms with E-state index in [1.165, 1.54) is 11.3 Å². The Morgan fingerprint density at radius 1 is 1.27 bits per heavy atom. The number of carbonyl (C=O) groups excluding carboxylic acids is 1. The van der Waals surface area contributed by atoms with Gasteiger partial charge in [0.2, 0.25) is 5.91 Å². The summed E-state index contributed by atoms with van der Waals surface area (Å²) in [4.78, 5) is 21.8. The van der Waals surface area contributed by atoms with Gasteiger partial charge in [0.25, 0.3) is 0 Å². The van der Waals surface area contributed by atoms with Crippen molar-refractivity contribution in [2.45, 2.75) is 12.7 Å². The molecule has 0 aliphatic heterocycles. The number of thioether (sulfide) groups is 1. The van der Waals surface area contributed by atoms with Crippen LogP contribution in [0, 0.1) is 6.92 Å². The van der Waals surface area contributed by atoms with Crippen molar-refractivity contribution in [1.82, 2.24) is 9.97 Å². The van der Waals surface area contributed by atoms with Gasteiger partial charge in [-0.15, -0.1) is 23.1 Å². The summed E-state index contributed by atoms with van der Waals surface area (Å²) in [6.45, 7) is 2.00. The molecule has 0 aliphatic carbocycles. The van der Waals surface area contributed by atoms with E-state index in [1.807, 2.05) is 49.5 Å². The Hall–Kier alpha value is -2.38. The second kappa shape index (κ2) is 8.82. The number of thiazole rings is 1. The Balaban J connectivity index is 1.57. The number of rotatable bonds is 7. The third kappa shape index (κ3) is 4.83. The highest BCUT2D eigenvalue weighted by Crippen LogP contribution is 2.31. The maximum atomic E-state index is 12.1. The van der Waals surface area contributed by atoms with E-state index in [9.17, 15) is 4.79 Å². The third-order valence-electron chi connectivity index (χ3n) is 3.63. The molecule has 1 amide bonds. The number of nitrogens with one attached hydrogen (secondary N) is 1. The molecule has 0 radical (unpaired) electrons. The standard InChI is InChI=1S/C19H19N3O2S2/c1-13-18(15-5-7-16(24-2)8-6-15)22-19(26-13)21-17(23)12-25-11-14-4-3-9-20-10-14/h3-10H,11-12H2,1-2H3,(H,21,22,23). The van der Waals surface area contributed by atoms with Crippen molar-refractivity contribution >= 4 is 34.1 Å². The van der Waals surface area contributed by atoms with E-state index in [4.69, 9.17) is 4.74 Å². The van der Waals surface area contributed by atoms with Gasteiger partial charge in [0.05, 0.1) is 18.6 Å². The number of hydrogen-bond donors (Lipinski definition) is 1. The zero-order valence-electron chi connectivity index (χ0n) is 14.6. The van der Waals surface area contributed by atoms with Gasteiger partial charge in [0.15, 0.2) is 5.13 Å². The fraction of sp³-hybridized carbons (Fsp3) is 0.211. The molecule has 1 aromatic carbocycles. The van der Waals surface area contributed by atoms with Crippen LogP contribution in [0.5, 0.6) is 5.75 Å². The van der Waals surface area contributed by atoms with Crippen LogP contribution in [0.4, 0.5) is 5.13 Å². The van der Waals surface area contributed by atoms with Crippen molar-refractivity contribution in [3.8, 4) is 17.0 Å². The van der Waals surface area contributed by atoms with Crippen molar-refractivity contribution < 1.29 is 9.53 Å². The quantitative estimate of drug-likeness (QED) is 0.653. The highest BCUT2D eigenvalue weighted by Gasteiger charge is 2.12. The number of benzene rings is 1. The van der Waals surface area contributed by atoms with E-state index >= 15 is 0 Å². The lowest BCUT2D eigenvalue weighted by Gasteiger charge is -2.03. The first-order valence-electron chi connectivity index (χ1n) is 8.04. The highest BCUT2D eigenvalue weighted by atomic mass is 32.2. The van der Waals surface area contributed by atoms with Crippen LogP contribution >= 0.6 is 23.1 Å². The molecule has 0 atom stereocenters. The lowest BCUT2D eigenvalue weighted by molar-refractivity contribution is -0.113. The fourth-order valence-corrected chi connectivity index (χ4v) is 3.99. The molecule has 0 saturated carbocycles. The first-order valence-corrected chi connectivity index (χ1v) is 10.0. The second-order valence-electron chi connectivity index (χ2n) is 5.55. The summed E-state index contributed by atoms with van der Waals surface area (Å²) in [5.74, 6) is 1.90. The monoisotopic (exact) mass is 385 g/mol. The molecule has 3 aromatic rings. The van der Waals surface area contributed by atoms with E-state index in [2.05, 4.69) is 15.3 Å². The maximum Gasteiger partial charge on any atom is 0.236 e. The SMILES string of the molecule is COc1ccc(-c2nc(NC(=O)CSCc3cccnc3)sc2C)cc1. The van der Waals surface area contributed by atoms with E-state index in [0.717, 1.165) is 33.2 Å². The summed E-state index contributed by atoms with van der Waals surface area (Å²) >= 11 is 3.04. The summed E-state index contributed by atoms with van der Waals surface area (Å²) in [6, 6.07) is 11.6. The Labute approximate surface area is 160 Å². The molecule has 2 aromatic heterocycles. The van der Waals surface area contributed by atoms with Crippen molar-refractivity contribution in [3.63, 3.8) is 0 Å².